The highest BCUT2D eigenvalue weighted by Crippen LogP contribution is 2.43. The standard InChI is InChI=1S/C54H37N/c1-2-12-43(13-3-1)52-36-31-44-15-7-9-19-51(44)54(52)45-29-34-49(35-30-45)55(53-20-10-17-42-14-6-8-18-50(42)53)48-32-27-40(28-33-48)39-21-23-41(24-22-39)47-26-25-38-11-4-5-16-46(38)37-47/h1-37H/i27D,28D,29D,30D,32D,33D,34D,35D. The van der Waals surface area contributed by atoms with E-state index in [1.807, 2.05) is 127 Å². The Labute approximate surface area is 333 Å². The first-order valence-corrected chi connectivity index (χ1v) is 18.3. The van der Waals surface area contributed by atoms with Crippen molar-refractivity contribution in [1.82, 2.24) is 0 Å². The van der Waals surface area contributed by atoms with Crippen molar-refractivity contribution in [3.05, 3.63) is 224 Å². The SMILES string of the molecule is [2H]c1c([2H])c(N(c2c([2H])c([2H])c(-c3c(-c4ccccc4)ccc4ccccc34)c([2H])c2[2H])c2cccc3ccccc23)c([2H])c([2H])c1-c1ccc(-c2ccc3ccccc3c2)cc1. The van der Waals surface area contributed by atoms with E-state index in [0.717, 1.165) is 49.2 Å². The maximum absolute atomic E-state index is 9.76. The maximum Gasteiger partial charge on any atom is 0.0645 e. The second-order valence-electron chi connectivity index (χ2n) is 13.5. The van der Waals surface area contributed by atoms with Crippen molar-refractivity contribution < 1.29 is 11.0 Å². The van der Waals surface area contributed by atoms with Crippen LogP contribution in [0.25, 0.3) is 76.8 Å². The summed E-state index contributed by atoms with van der Waals surface area (Å²) in [7, 11) is 0. The molecule has 0 aliphatic heterocycles. The lowest BCUT2D eigenvalue weighted by Crippen LogP contribution is -2.10. The summed E-state index contributed by atoms with van der Waals surface area (Å²) in [5.74, 6) is 0. The van der Waals surface area contributed by atoms with E-state index >= 15 is 0 Å². The molecule has 0 N–H and O–H groups in total. The number of rotatable bonds is 7. The highest BCUT2D eigenvalue weighted by Gasteiger charge is 2.17. The molecule has 1 heteroatoms. The molecule has 0 unspecified atom stereocenters. The van der Waals surface area contributed by atoms with Gasteiger partial charge in [-0.3, -0.25) is 0 Å². The number of nitrogens with zero attached hydrogens (tertiary/aromatic N) is 1. The second kappa shape index (κ2) is 14.0. The summed E-state index contributed by atoms with van der Waals surface area (Å²) in [4.78, 5) is 1.39. The molecule has 0 aromatic heterocycles. The van der Waals surface area contributed by atoms with Gasteiger partial charge in [0, 0.05) is 16.8 Å². The maximum atomic E-state index is 9.76. The van der Waals surface area contributed by atoms with E-state index in [1.54, 1.807) is 24.3 Å². The van der Waals surface area contributed by atoms with Gasteiger partial charge in [-0.15, -0.1) is 0 Å². The minimum atomic E-state index is -0.393. The van der Waals surface area contributed by atoms with Crippen LogP contribution >= 0.6 is 0 Å². The van der Waals surface area contributed by atoms with Crippen LogP contribution in [-0.4, -0.2) is 0 Å². The molecule has 10 aromatic rings. The van der Waals surface area contributed by atoms with Gasteiger partial charge in [-0.25, -0.2) is 0 Å². The molecule has 1 nitrogen and oxygen atoms in total. The predicted octanol–water partition coefficient (Wildman–Crippen LogP) is 15.3. The van der Waals surface area contributed by atoms with Crippen LogP contribution in [0.5, 0.6) is 0 Å². The van der Waals surface area contributed by atoms with Crippen molar-refractivity contribution in [2.75, 3.05) is 4.90 Å². The van der Waals surface area contributed by atoms with E-state index in [0.29, 0.717) is 22.2 Å². The normalized spacial score (nSPS) is 13.3. The quantitative estimate of drug-likeness (QED) is 0.159. The van der Waals surface area contributed by atoms with Crippen molar-refractivity contribution in [3.63, 3.8) is 0 Å². The van der Waals surface area contributed by atoms with Crippen molar-refractivity contribution in [2.24, 2.45) is 0 Å². The van der Waals surface area contributed by atoms with Crippen molar-refractivity contribution in [3.8, 4) is 44.5 Å². The van der Waals surface area contributed by atoms with Crippen molar-refractivity contribution >= 4 is 49.4 Å². The lowest BCUT2D eigenvalue weighted by atomic mass is 9.89. The Balaban J connectivity index is 1.19. The van der Waals surface area contributed by atoms with E-state index < -0.39 is 12.1 Å². The summed E-state index contributed by atoms with van der Waals surface area (Å²) < 4.78 is 77.0. The van der Waals surface area contributed by atoms with E-state index in [1.165, 1.54) is 4.90 Å². The summed E-state index contributed by atoms with van der Waals surface area (Å²) in [6.45, 7) is 0. The smallest absolute Gasteiger partial charge is 0.0645 e. The lowest BCUT2D eigenvalue weighted by Gasteiger charge is -2.27. The summed E-state index contributed by atoms with van der Waals surface area (Å²) >= 11 is 0. The largest absolute Gasteiger partial charge is 0.310 e. The van der Waals surface area contributed by atoms with E-state index in [4.69, 9.17) is 0 Å². The van der Waals surface area contributed by atoms with Gasteiger partial charge in [0.15, 0.2) is 0 Å². The Kier molecular flexibility index (Phi) is 6.33. The molecule has 0 aliphatic carbocycles. The molecule has 0 saturated carbocycles. The first kappa shape index (κ1) is 24.9. The summed E-state index contributed by atoms with van der Waals surface area (Å²) in [6.07, 6.45) is 0. The first-order valence-electron chi connectivity index (χ1n) is 22.3. The monoisotopic (exact) mass is 707 g/mol. The van der Waals surface area contributed by atoms with Gasteiger partial charge >= 0.3 is 0 Å². The number of anilines is 3. The zero-order valence-corrected chi connectivity index (χ0v) is 29.7. The minimum absolute atomic E-state index is 0.107. The highest BCUT2D eigenvalue weighted by molar-refractivity contribution is 6.05. The van der Waals surface area contributed by atoms with Crippen LogP contribution in [0.1, 0.15) is 11.0 Å². The van der Waals surface area contributed by atoms with Gasteiger partial charge in [-0.1, -0.05) is 188 Å². The molecule has 0 bridgehead atoms. The third kappa shape index (κ3) is 6.12. The van der Waals surface area contributed by atoms with Gasteiger partial charge in [0.25, 0.3) is 0 Å². The van der Waals surface area contributed by atoms with E-state index in [9.17, 15) is 11.0 Å². The third-order valence-electron chi connectivity index (χ3n) is 10.2. The van der Waals surface area contributed by atoms with E-state index in [-0.39, 0.29) is 58.8 Å². The molecular formula is C54H37N. The van der Waals surface area contributed by atoms with Gasteiger partial charge < -0.3 is 4.90 Å². The molecule has 258 valence electrons. The first-order chi connectivity index (χ1) is 30.6. The molecule has 10 rings (SSSR count). The molecule has 0 radical (unpaired) electrons. The average Bonchev–Trinajstić information content (AvgIpc) is 3.32. The van der Waals surface area contributed by atoms with E-state index in [2.05, 4.69) is 24.3 Å². The van der Waals surface area contributed by atoms with Gasteiger partial charge in [-0.05, 0) is 108 Å². The molecular weight excluding hydrogens is 663 g/mol. The fraction of sp³-hybridized carbons (Fsp3) is 0. The number of benzene rings is 10. The molecule has 0 aliphatic rings. The van der Waals surface area contributed by atoms with Crippen LogP contribution < -0.4 is 4.90 Å². The Hall–Kier alpha value is -7.22. The Morgan fingerprint density at radius 2 is 0.818 bits per heavy atom. The molecule has 0 heterocycles. The number of hydrogen-bond acceptors (Lipinski definition) is 1. The van der Waals surface area contributed by atoms with Gasteiger partial charge in [0.05, 0.1) is 16.7 Å². The summed E-state index contributed by atoms with van der Waals surface area (Å²) in [6, 6.07) is 53.2. The molecule has 0 saturated heterocycles. The molecule has 0 amide bonds. The van der Waals surface area contributed by atoms with Crippen LogP contribution in [0.4, 0.5) is 17.1 Å². The van der Waals surface area contributed by atoms with Crippen LogP contribution in [0, 0.1) is 0 Å². The fourth-order valence-corrected chi connectivity index (χ4v) is 7.46. The van der Waals surface area contributed by atoms with Crippen molar-refractivity contribution in [2.45, 2.75) is 0 Å². The lowest BCUT2D eigenvalue weighted by molar-refractivity contribution is 1.30. The van der Waals surface area contributed by atoms with Crippen LogP contribution in [0.2, 0.25) is 0 Å². The van der Waals surface area contributed by atoms with Crippen LogP contribution in [0.15, 0.2) is 224 Å². The van der Waals surface area contributed by atoms with Crippen molar-refractivity contribution in [1.29, 1.82) is 0 Å². The average molecular weight is 708 g/mol. The number of fused-ring (bicyclic) bond motifs is 3. The Bertz CT molecular complexity index is 3380. The predicted molar refractivity (Wildman–Crippen MR) is 235 cm³/mol. The fourth-order valence-electron chi connectivity index (χ4n) is 7.46. The summed E-state index contributed by atoms with van der Waals surface area (Å²) in [5, 5.41) is 5.33. The molecule has 0 fully saturated rings. The summed E-state index contributed by atoms with van der Waals surface area (Å²) in [5.41, 5.74) is 4.80. The van der Waals surface area contributed by atoms with Crippen LogP contribution in [0.3, 0.4) is 0 Å². The van der Waals surface area contributed by atoms with Crippen LogP contribution in [-0.2, 0) is 0 Å². The third-order valence-corrected chi connectivity index (χ3v) is 10.2. The zero-order valence-electron chi connectivity index (χ0n) is 37.7. The molecule has 0 atom stereocenters. The Morgan fingerprint density at radius 1 is 0.309 bits per heavy atom. The Morgan fingerprint density at radius 3 is 1.53 bits per heavy atom. The highest BCUT2D eigenvalue weighted by atomic mass is 15.1. The van der Waals surface area contributed by atoms with Gasteiger partial charge in [0.1, 0.15) is 0 Å². The molecule has 55 heavy (non-hydrogen) atoms. The van der Waals surface area contributed by atoms with Gasteiger partial charge in [-0.2, -0.15) is 0 Å². The topological polar surface area (TPSA) is 3.24 Å². The molecule has 0 spiro atoms. The number of hydrogen-bond donors (Lipinski definition) is 0. The molecule has 10 aromatic carbocycles. The second-order valence-corrected chi connectivity index (χ2v) is 13.5. The zero-order chi connectivity index (χ0) is 43.5. The minimum Gasteiger partial charge on any atom is -0.310 e. The van der Waals surface area contributed by atoms with Gasteiger partial charge in [0.2, 0.25) is 0 Å².